The van der Waals surface area contributed by atoms with E-state index in [0.29, 0.717) is 19.8 Å². The van der Waals surface area contributed by atoms with Crippen LogP contribution in [0.2, 0.25) is 5.28 Å². The monoisotopic (exact) mass is 337 g/mol. The lowest BCUT2D eigenvalue weighted by atomic mass is 10.3. The summed E-state index contributed by atoms with van der Waals surface area (Å²) in [6.45, 7) is 3.95. The van der Waals surface area contributed by atoms with E-state index in [4.69, 9.17) is 21.1 Å². The molecule has 0 aromatic carbocycles. The first-order valence-corrected chi connectivity index (χ1v) is 6.69. The summed E-state index contributed by atoms with van der Waals surface area (Å²) >= 11 is 9.28. The van der Waals surface area contributed by atoms with Gasteiger partial charge in [0.05, 0.1) is 23.7 Å². The average molecular weight is 339 g/mol. The minimum atomic E-state index is 0.160. The number of aromatic nitrogens is 2. The lowest BCUT2D eigenvalue weighted by Gasteiger charge is -2.30. The highest BCUT2D eigenvalue weighted by Crippen LogP contribution is 2.25. The maximum atomic E-state index is 5.84. The highest BCUT2D eigenvalue weighted by molar-refractivity contribution is 9.10. The molecule has 0 amide bonds. The largest absolute Gasteiger partial charge is 0.383 e. The van der Waals surface area contributed by atoms with Crippen LogP contribution in [0.5, 0.6) is 0 Å². The molecular formula is C11H17BrClN3O2. The summed E-state index contributed by atoms with van der Waals surface area (Å²) in [5.41, 5.74) is 0. The van der Waals surface area contributed by atoms with Crippen molar-refractivity contribution in [2.45, 2.75) is 13.0 Å². The van der Waals surface area contributed by atoms with Crippen LogP contribution < -0.4 is 4.90 Å². The Morgan fingerprint density at radius 2 is 2.17 bits per heavy atom. The molecule has 0 radical (unpaired) electrons. The van der Waals surface area contributed by atoms with E-state index < -0.39 is 0 Å². The lowest BCUT2D eigenvalue weighted by Crippen LogP contribution is -2.39. The van der Waals surface area contributed by atoms with Crippen molar-refractivity contribution in [3.05, 3.63) is 16.0 Å². The zero-order valence-electron chi connectivity index (χ0n) is 10.7. The molecule has 0 saturated heterocycles. The van der Waals surface area contributed by atoms with Gasteiger partial charge in [-0.3, -0.25) is 0 Å². The standard InChI is InChI=1S/C11H17BrClN3O2/c1-8(7-18-3)16(4-5-17-2)10-9(12)6-14-11(13)15-10/h6,8H,4-5,7H2,1-3H3. The van der Waals surface area contributed by atoms with E-state index in [2.05, 4.69) is 37.7 Å². The summed E-state index contributed by atoms with van der Waals surface area (Å²) in [5, 5.41) is 0.222. The minimum absolute atomic E-state index is 0.160. The van der Waals surface area contributed by atoms with Crippen molar-refractivity contribution in [1.29, 1.82) is 0 Å². The van der Waals surface area contributed by atoms with Gasteiger partial charge in [-0.05, 0) is 34.5 Å². The van der Waals surface area contributed by atoms with E-state index in [-0.39, 0.29) is 11.3 Å². The van der Waals surface area contributed by atoms with Crippen molar-refractivity contribution in [1.82, 2.24) is 9.97 Å². The summed E-state index contributed by atoms with van der Waals surface area (Å²) < 4.78 is 11.1. The smallest absolute Gasteiger partial charge is 0.224 e. The normalized spacial score (nSPS) is 12.5. The van der Waals surface area contributed by atoms with Crippen LogP contribution in [0.3, 0.4) is 0 Å². The Hall–Kier alpha value is -0.430. The first kappa shape index (κ1) is 15.6. The van der Waals surface area contributed by atoms with Crippen molar-refractivity contribution >= 4 is 33.3 Å². The molecular weight excluding hydrogens is 321 g/mol. The predicted octanol–water partition coefficient (Wildman–Crippen LogP) is 2.38. The highest BCUT2D eigenvalue weighted by atomic mass is 79.9. The Morgan fingerprint density at radius 1 is 1.44 bits per heavy atom. The van der Waals surface area contributed by atoms with Crippen LogP contribution in [0.15, 0.2) is 10.7 Å². The molecule has 18 heavy (non-hydrogen) atoms. The molecule has 0 aliphatic heterocycles. The van der Waals surface area contributed by atoms with Crippen LogP contribution >= 0.6 is 27.5 Å². The third-order valence-corrected chi connectivity index (χ3v) is 3.19. The lowest BCUT2D eigenvalue weighted by molar-refractivity contribution is 0.170. The van der Waals surface area contributed by atoms with E-state index in [1.807, 2.05) is 0 Å². The van der Waals surface area contributed by atoms with E-state index in [9.17, 15) is 0 Å². The fourth-order valence-electron chi connectivity index (χ4n) is 1.59. The number of hydrogen-bond donors (Lipinski definition) is 0. The van der Waals surface area contributed by atoms with E-state index >= 15 is 0 Å². The summed E-state index contributed by atoms with van der Waals surface area (Å²) in [4.78, 5) is 10.3. The van der Waals surface area contributed by atoms with Crippen LogP contribution in [0.25, 0.3) is 0 Å². The van der Waals surface area contributed by atoms with Gasteiger partial charge < -0.3 is 14.4 Å². The van der Waals surface area contributed by atoms with Crippen LogP contribution in [0, 0.1) is 0 Å². The van der Waals surface area contributed by atoms with Crippen LogP contribution in [-0.4, -0.2) is 50.0 Å². The zero-order chi connectivity index (χ0) is 13.5. The molecule has 0 aliphatic rings. The van der Waals surface area contributed by atoms with Gasteiger partial charge in [0.15, 0.2) is 0 Å². The molecule has 5 nitrogen and oxygen atoms in total. The van der Waals surface area contributed by atoms with Crippen molar-refractivity contribution in [2.24, 2.45) is 0 Å². The molecule has 0 N–H and O–H groups in total. The zero-order valence-corrected chi connectivity index (χ0v) is 13.0. The SMILES string of the molecule is COCCN(c1nc(Cl)ncc1Br)C(C)COC. The van der Waals surface area contributed by atoms with Crippen molar-refractivity contribution in [3.63, 3.8) is 0 Å². The Kier molecular flexibility index (Phi) is 6.85. The van der Waals surface area contributed by atoms with E-state index in [1.165, 1.54) is 0 Å². The van der Waals surface area contributed by atoms with Gasteiger partial charge in [-0.25, -0.2) is 4.98 Å². The summed E-state index contributed by atoms with van der Waals surface area (Å²) in [5.74, 6) is 0.747. The second-order valence-corrected chi connectivity index (χ2v) is 4.99. The number of hydrogen-bond acceptors (Lipinski definition) is 5. The Labute approximate surface area is 121 Å². The summed E-state index contributed by atoms with van der Waals surface area (Å²) in [7, 11) is 3.34. The molecule has 1 unspecified atom stereocenters. The van der Waals surface area contributed by atoms with Gasteiger partial charge in [0.2, 0.25) is 5.28 Å². The van der Waals surface area contributed by atoms with Crippen LogP contribution in [0.1, 0.15) is 6.92 Å². The quantitative estimate of drug-likeness (QED) is 0.714. The highest BCUT2D eigenvalue weighted by Gasteiger charge is 2.19. The van der Waals surface area contributed by atoms with Crippen molar-refractivity contribution in [3.8, 4) is 0 Å². The van der Waals surface area contributed by atoms with Crippen LogP contribution in [-0.2, 0) is 9.47 Å². The van der Waals surface area contributed by atoms with Gasteiger partial charge in [0.25, 0.3) is 0 Å². The molecule has 7 heteroatoms. The number of nitrogens with zero attached hydrogens (tertiary/aromatic N) is 3. The average Bonchev–Trinajstić information content (AvgIpc) is 2.34. The first-order valence-electron chi connectivity index (χ1n) is 5.52. The van der Waals surface area contributed by atoms with Gasteiger partial charge in [-0.15, -0.1) is 0 Å². The maximum Gasteiger partial charge on any atom is 0.224 e. The second kappa shape index (κ2) is 7.89. The molecule has 102 valence electrons. The van der Waals surface area contributed by atoms with Gasteiger partial charge >= 0.3 is 0 Å². The van der Waals surface area contributed by atoms with Gasteiger partial charge in [-0.1, -0.05) is 0 Å². The second-order valence-electron chi connectivity index (χ2n) is 3.80. The number of methoxy groups -OCH3 is 2. The third-order valence-electron chi connectivity index (χ3n) is 2.44. The fourth-order valence-corrected chi connectivity index (χ4v) is 2.14. The predicted molar refractivity (Wildman–Crippen MR) is 75.3 cm³/mol. The van der Waals surface area contributed by atoms with Gasteiger partial charge in [0, 0.05) is 27.0 Å². The molecule has 0 spiro atoms. The van der Waals surface area contributed by atoms with Gasteiger partial charge in [0.1, 0.15) is 5.82 Å². The Bertz CT molecular complexity index is 381. The molecule has 1 rings (SSSR count). The molecule has 1 aromatic rings. The van der Waals surface area contributed by atoms with Crippen LogP contribution in [0.4, 0.5) is 5.82 Å². The van der Waals surface area contributed by atoms with Crippen molar-refractivity contribution in [2.75, 3.05) is 38.9 Å². The molecule has 0 aliphatic carbocycles. The molecule has 0 fully saturated rings. The molecule has 1 heterocycles. The molecule has 1 aromatic heterocycles. The summed E-state index contributed by atoms with van der Waals surface area (Å²) in [6.07, 6.45) is 1.64. The number of ether oxygens (including phenoxy) is 2. The molecule has 0 bridgehead atoms. The number of anilines is 1. The van der Waals surface area contributed by atoms with Crippen molar-refractivity contribution < 1.29 is 9.47 Å². The summed E-state index contributed by atoms with van der Waals surface area (Å²) in [6, 6.07) is 0.160. The van der Waals surface area contributed by atoms with Gasteiger partial charge in [-0.2, -0.15) is 4.98 Å². The maximum absolute atomic E-state index is 5.84. The molecule has 1 atom stereocenters. The van der Waals surface area contributed by atoms with E-state index in [0.717, 1.165) is 10.3 Å². The minimum Gasteiger partial charge on any atom is -0.383 e. The fraction of sp³-hybridized carbons (Fsp3) is 0.636. The number of halogens is 2. The Morgan fingerprint density at radius 3 is 2.78 bits per heavy atom. The Balaban J connectivity index is 2.96. The molecule has 0 saturated carbocycles. The topological polar surface area (TPSA) is 47.5 Å². The number of rotatable bonds is 7. The van der Waals surface area contributed by atoms with E-state index in [1.54, 1.807) is 20.4 Å². The first-order chi connectivity index (χ1) is 8.60. The third kappa shape index (κ3) is 4.35.